The molecular weight excluding hydrogens is 1140 g/mol. The van der Waals surface area contributed by atoms with Crippen LogP contribution in [0.5, 0.6) is 0 Å². The topological polar surface area (TPSA) is 237 Å². The summed E-state index contributed by atoms with van der Waals surface area (Å²) in [6.07, 6.45) is 37.7. The van der Waals surface area contributed by atoms with E-state index < -0.39 is 97.5 Å². The van der Waals surface area contributed by atoms with Crippen molar-refractivity contribution in [2.45, 2.75) is 343 Å². The van der Waals surface area contributed by atoms with Crippen molar-refractivity contribution in [3.8, 4) is 0 Å². The maximum atomic E-state index is 13.0. The number of aliphatic hydroxyl groups excluding tert-OH is 1. The van der Waals surface area contributed by atoms with Crippen molar-refractivity contribution in [1.29, 1.82) is 0 Å². The van der Waals surface area contributed by atoms with E-state index in [2.05, 4.69) is 55.4 Å². The smallest absolute Gasteiger partial charge is 0.462 e. The van der Waals surface area contributed by atoms with Gasteiger partial charge in [-0.2, -0.15) is 0 Å². The minimum absolute atomic E-state index is 0.103. The fraction of sp³-hybridized carbons (Fsp3) is 0.940. The normalized spacial score (nSPS) is 14.7. The molecule has 0 saturated carbocycles. The first-order chi connectivity index (χ1) is 41.1. The van der Waals surface area contributed by atoms with Crippen LogP contribution in [0.2, 0.25) is 0 Å². The molecule has 0 rings (SSSR count). The van der Waals surface area contributed by atoms with Gasteiger partial charge in [0, 0.05) is 25.7 Å². The molecule has 0 aromatic heterocycles. The Balaban J connectivity index is 5.24. The third kappa shape index (κ3) is 59.7. The van der Waals surface area contributed by atoms with Crippen LogP contribution in [0.1, 0.15) is 325 Å². The van der Waals surface area contributed by atoms with Gasteiger partial charge in [-0.1, -0.05) is 274 Å². The quantitative estimate of drug-likeness (QED) is 0.0222. The van der Waals surface area contributed by atoms with Crippen LogP contribution in [-0.4, -0.2) is 96.7 Å². The predicted octanol–water partition coefficient (Wildman–Crippen LogP) is 18.5. The van der Waals surface area contributed by atoms with Crippen LogP contribution in [0, 0.1) is 23.7 Å². The second-order valence-electron chi connectivity index (χ2n) is 25.9. The van der Waals surface area contributed by atoms with Crippen molar-refractivity contribution in [3.05, 3.63) is 0 Å². The molecule has 3 N–H and O–H groups in total. The van der Waals surface area contributed by atoms with Gasteiger partial charge in [0.15, 0.2) is 12.2 Å². The van der Waals surface area contributed by atoms with Gasteiger partial charge in [-0.05, 0) is 49.4 Å². The monoisotopic (exact) mass is 1270 g/mol. The van der Waals surface area contributed by atoms with Crippen LogP contribution in [0.15, 0.2) is 0 Å². The number of carbonyl (C=O) groups is 4. The zero-order chi connectivity index (χ0) is 63.9. The standard InChI is InChI=1S/C67H130O17P2/c1-9-60(8)46-38-30-25-26-32-40-48-65(70)78-54-63(83-66(71)49-41-33-23-17-13-15-20-28-36-44-58(4)5)56-82-86(75,76)80-52-61(68)51-79-85(73,74)81-55-62(84-67(72)50-42-34-24-18-21-29-37-45-59(6)7)53-77-64(69)47-39-31-22-16-12-10-11-14-19-27-35-43-57(2)3/h57-63,68H,9-56H2,1-8H3,(H,73,74)(H,75,76)/t60?,61-,62-,63-/m1/s1. The zero-order valence-electron chi connectivity index (χ0n) is 55.9. The second-order valence-corrected chi connectivity index (χ2v) is 28.8. The molecule has 6 atom stereocenters. The number of hydrogen-bond donors (Lipinski definition) is 3. The number of ether oxygens (including phenoxy) is 4. The molecule has 3 unspecified atom stereocenters. The lowest BCUT2D eigenvalue weighted by molar-refractivity contribution is -0.161. The highest BCUT2D eigenvalue weighted by Crippen LogP contribution is 2.45. The van der Waals surface area contributed by atoms with E-state index >= 15 is 0 Å². The van der Waals surface area contributed by atoms with Gasteiger partial charge in [-0.15, -0.1) is 0 Å². The van der Waals surface area contributed by atoms with Gasteiger partial charge in [0.1, 0.15) is 19.3 Å². The molecule has 510 valence electrons. The highest BCUT2D eigenvalue weighted by Gasteiger charge is 2.30. The van der Waals surface area contributed by atoms with E-state index in [-0.39, 0.29) is 25.7 Å². The molecule has 0 aromatic carbocycles. The molecule has 0 saturated heterocycles. The third-order valence-electron chi connectivity index (χ3n) is 15.7. The summed E-state index contributed by atoms with van der Waals surface area (Å²) in [7, 11) is -9.90. The number of phosphoric acid groups is 2. The molecule has 0 aliphatic carbocycles. The SMILES string of the molecule is CCC(C)CCCCCCCCC(=O)OC[C@H](COP(=O)(O)OC[C@H](O)COP(=O)(O)OC[C@@H](COC(=O)CCCCCCCCCCCCCC(C)C)OC(=O)CCCCCCCCCC(C)C)OC(=O)CCCCCCCCCCCC(C)C. The lowest BCUT2D eigenvalue weighted by Gasteiger charge is -2.21. The average molecular weight is 1270 g/mol. The Morgan fingerprint density at radius 2 is 0.558 bits per heavy atom. The molecule has 0 spiro atoms. The van der Waals surface area contributed by atoms with E-state index in [9.17, 15) is 43.2 Å². The molecule has 86 heavy (non-hydrogen) atoms. The molecule has 0 amide bonds. The molecule has 0 radical (unpaired) electrons. The number of carbonyl (C=O) groups excluding carboxylic acids is 4. The molecule has 19 heteroatoms. The molecule has 0 aliphatic heterocycles. The van der Waals surface area contributed by atoms with Gasteiger partial charge in [-0.25, -0.2) is 9.13 Å². The number of hydrogen-bond acceptors (Lipinski definition) is 15. The Kier molecular flexibility index (Phi) is 55.7. The summed E-state index contributed by atoms with van der Waals surface area (Å²) in [6.45, 7) is 14.0. The van der Waals surface area contributed by atoms with Crippen LogP contribution in [0.25, 0.3) is 0 Å². The molecule has 0 heterocycles. The Morgan fingerprint density at radius 1 is 0.326 bits per heavy atom. The van der Waals surface area contributed by atoms with Crippen LogP contribution in [-0.2, 0) is 65.4 Å². The van der Waals surface area contributed by atoms with Gasteiger partial charge in [0.2, 0.25) is 0 Å². The number of phosphoric ester groups is 2. The first-order valence-electron chi connectivity index (χ1n) is 34.7. The maximum absolute atomic E-state index is 13.0. The molecule has 0 fully saturated rings. The van der Waals surface area contributed by atoms with Gasteiger partial charge in [0.25, 0.3) is 0 Å². The molecule has 0 aromatic rings. The van der Waals surface area contributed by atoms with Crippen molar-refractivity contribution in [2.24, 2.45) is 23.7 Å². The lowest BCUT2D eigenvalue weighted by atomic mass is 10.00. The number of rotatable bonds is 64. The predicted molar refractivity (Wildman–Crippen MR) is 344 cm³/mol. The summed E-state index contributed by atoms with van der Waals surface area (Å²) in [5.41, 5.74) is 0. The van der Waals surface area contributed by atoms with Crippen molar-refractivity contribution >= 4 is 39.5 Å². The highest BCUT2D eigenvalue weighted by molar-refractivity contribution is 7.47. The first kappa shape index (κ1) is 84.1. The van der Waals surface area contributed by atoms with Gasteiger partial charge >= 0.3 is 39.5 Å². The van der Waals surface area contributed by atoms with Crippen molar-refractivity contribution in [2.75, 3.05) is 39.6 Å². The van der Waals surface area contributed by atoms with Crippen molar-refractivity contribution < 1.29 is 80.2 Å². The molecule has 17 nitrogen and oxygen atoms in total. The summed E-state index contributed by atoms with van der Waals surface area (Å²) in [5, 5.41) is 10.6. The van der Waals surface area contributed by atoms with E-state index in [0.29, 0.717) is 31.6 Å². The summed E-state index contributed by atoms with van der Waals surface area (Å²) < 4.78 is 68.1. The second kappa shape index (κ2) is 57.0. The summed E-state index contributed by atoms with van der Waals surface area (Å²) in [4.78, 5) is 72.4. The van der Waals surface area contributed by atoms with Gasteiger partial charge < -0.3 is 33.8 Å². The third-order valence-corrected chi connectivity index (χ3v) is 17.6. The van der Waals surface area contributed by atoms with E-state index in [1.54, 1.807) is 0 Å². The van der Waals surface area contributed by atoms with Crippen LogP contribution >= 0.6 is 15.6 Å². The number of esters is 4. The molecule has 0 bridgehead atoms. The number of aliphatic hydroxyl groups is 1. The molecular formula is C67H130O17P2. The van der Waals surface area contributed by atoms with Gasteiger partial charge in [0.05, 0.1) is 26.4 Å². The fourth-order valence-electron chi connectivity index (χ4n) is 9.93. The van der Waals surface area contributed by atoms with Crippen molar-refractivity contribution in [3.63, 3.8) is 0 Å². The van der Waals surface area contributed by atoms with E-state index in [1.807, 2.05) is 0 Å². The number of unbranched alkanes of at least 4 members (excludes halogenated alkanes) is 29. The van der Waals surface area contributed by atoms with Crippen LogP contribution < -0.4 is 0 Å². The highest BCUT2D eigenvalue weighted by atomic mass is 31.2. The van der Waals surface area contributed by atoms with E-state index in [1.165, 1.54) is 122 Å². The minimum atomic E-state index is -4.95. The van der Waals surface area contributed by atoms with E-state index in [0.717, 1.165) is 114 Å². The first-order valence-corrected chi connectivity index (χ1v) is 37.7. The summed E-state index contributed by atoms with van der Waals surface area (Å²) in [5.74, 6) is 0.797. The Morgan fingerprint density at radius 3 is 0.826 bits per heavy atom. The van der Waals surface area contributed by atoms with Crippen LogP contribution in [0.4, 0.5) is 0 Å². The van der Waals surface area contributed by atoms with Crippen LogP contribution in [0.3, 0.4) is 0 Å². The maximum Gasteiger partial charge on any atom is 0.472 e. The largest absolute Gasteiger partial charge is 0.472 e. The zero-order valence-corrected chi connectivity index (χ0v) is 57.7. The van der Waals surface area contributed by atoms with E-state index in [4.69, 9.17) is 37.0 Å². The molecule has 0 aliphatic rings. The average Bonchev–Trinajstić information content (AvgIpc) is 3.67. The fourth-order valence-corrected chi connectivity index (χ4v) is 11.5. The minimum Gasteiger partial charge on any atom is -0.462 e. The lowest BCUT2D eigenvalue weighted by Crippen LogP contribution is -2.30. The van der Waals surface area contributed by atoms with Gasteiger partial charge in [-0.3, -0.25) is 37.3 Å². The van der Waals surface area contributed by atoms with Crippen molar-refractivity contribution in [1.82, 2.24) is 0 Å². The Hall–Kier alpha value is -1.94. The summed E-state index contributed by atoms with van der Waals surface area (Å²) >= 11 is 0. The summed E-state index contributed by atoms with van der Waals surface area (Å²) in [6, 6.07) is 0. The Bertz CT molecular complexity index is 1720. The Labute approximate surface area is 524 Å².